The van der Waals surface area contributed by atoms with Gasteiger partial charge in [-0.2, -0.15) is 0 Å². The third-order valence-electron chi connectivity index (χ3n) is 6.53. The van der Waals surface area contributed by atoms with E-state index in [4.69, 9.17) is 18.9 Å². The van der Waals surface area contributed by atoms with Crippen LogP contribution in [0.1, 0.15) is 45.2 Å². The number of hydrogen-bond donors (Lipinski definition) is 1. The summed E-state index contributed by atoms with van der Waals surface area (Å²) in [4.78, 5) is 32.6. The lowest BCUT2D eigenvalue weighted by Crippen LogP contribution is -2.25. The number of fused-ring (bicyclic) bond motifs is 3. The number of furan rings is 1. The molecule has 10 heteroatoms. The third kappa shape index (κ3) is 5.26. The zero-order chi connectivity index (χ0) is 25.9. The summed E-state index contributed by atoms with van der Waals surface area (Å²) in [5, 5.41) is 4.33. The molecule has 3 heterocycles. The first-order valence-corrected chi connectivity index (χ1v) is 14.0. The maximum absolute atomic E-state index is 13.1. The molecule has 0 fully saturated rings. The number of aromatic nitrogens is 2. The first-order chi connectivity index (χ1) is 18.0. The SMILES string of the molecule is COc1ccc(CCNC(=O)c2ccc(CSc3nc4sc5c(c4c(=O)n3C)CCCC5)o2)cc1OC. The van der Waals surface area contributed by atoms with E-state index in [-0.39, 0.29) is 17.2 Å². The number of nitrogens with zero attached hydrogens (tertiary/aromatic N) is 2. The van der Waals surface area contributed by atoms with Crippen molar-refractivity contribution in [1.82, 2.24) is 14.9 Å². The first kappa shape index (κ1) is 25.4. The van der Waals surface area contributed by atoms with Crippen LogP contribution in [0.25, 0.3) is 10.2 Å². The zero-order valence-corrected chi connectivity index (χ0v) is 22.7. The molecule has 8 nitrogen and oxygen atoms in total. The molecule has 0 radical (unpaired) electrons. The number of benzene rings is 1. The molecule has 0 atom stereocenters. The molecule has 3 aromatic heterocycles. The lowest BCUT2D eigenvalue weighted by molar-refractivity contribution is 0.0925. The van der Waals surface area contributed by atoms with E-state index in [9.17, 15) is 9.59 Å². The zero-order valence-electron chi connectivity index (χ0n) is 21.1. The molecule has 5 rings (SSSR count). The number of amides is 1. The van der Waals surface area contributed by atoms with E-state index >= 15 is 0 Å². The van der Waals surface area contributed by atoms with Crippen LogP contribution in [0.4, 0.5) is 0 Å². The van der Waals surface area contributed by atoms with Gasteiger partial charge < -0.3 is 19.2 Å². The lowest BCUT2D eigenvalue weighted by Gasteiger charge is -2.10. The maximum atomic E-state index is 13.1. The summed E-state index contributed by atoms with van der Waals surface area (Å²) in [5.41, 5.74) is 2.24. The molecule has 0 saturated heterocycles. The standard InChI is InChI=1S/C27H29N3O5S2/c1-30-26(32)23-18-6-4-5-7-22(18)37-25(23)29-27(30)36-15-17-9-11-20(35-17)24(31)28-13-12-16-8-10-19(33-2)21(14-16)34-3/h8-11,14H,4-7,12-13,15H2,1-3H3,(H,28,31). The van der Waals surface area contributed by atoms with Crippen LogP contribution in [0.3, 0.4) is 0 Å². The minimum atomic E-state index is -0.271. The molecule has 1 N–H and O–H groups in total. The van der Waals surface area contributed by atoms with Gasteiger partial charge in [0, 0.05) is 18.5 Å². The highest BCUT2D eigenvalue weighted by atomic mass is 32.2. The van der Waals surface area contributed by atoms with Gasteiger partial charge in [0.15, 0.2) is 22.4 Å². The van der Waals surface area contributed by atoms with E-state index in [0.717, 1.165) is 35.0 Å². The molecular formula is C27H29N3O5S2. The van der Waals surface area contributed by atoms with Crippen molar-refractivity contribution >= 4 is 39.2 Å². The van der Waals surface area contributed by atoms with Crippen molar-refractivity contribution in [3.63, 3.8) is 0 Å². The summed E-state index contributed by atoms with van der Waals surface area (Å²) in [6.45, 7) is 0.454. The Hall–Kier alpha value is -3.24. The van der Waals surface area contributed by atoms with Crippen molar-refractivity contribution in [3.8, 4) is 11.5 Å². The van der Waals surface area contributed by atoms with Gasteiger partial charge in [-0.15, -0.1) is 11.3 Å². The quantitative estimate of drug-likeness (QED) is 0.242. The van der Waals surface area contributed by atoms with E-state index in [1.165, 1.54) is 28.6 Å². The number of rotatable bonds is 9. The monoisotopic (exact) mass is 539 g/mol. The molecule has 4 aromatic rings. The van der Waals surface area contributed by atoms with Crippen molar-refractivity contribution in [2.24, 2.45) is 7.05 Å². The molecule has 0 unspecified atom stereocenters. The minimum Gasteiger partial charge on any atom is -0.493 e. The van der Waals surface area contributed by atoms with Gasteiger partial charge >= 0.3 is 0 Å². The first-order valence-electron chi connectivity index (χ1n) is 12.2. The van der Waals surface area contributed by atoms with Crippen LogP contribution in [-0.2, 0) is 32.1 Å². The van der Waals surface area contributed by atoms with E-state index in [2.05, 4.69) is 5.32 Å². The topological polar surface area (TPSA) is 95.6 Å². The van der Waals surface area contributed by atoms with Gasteiger partial charge in [-0.25, -0.2) is 4.98 Å². The fraction of sp³-hybridized carbons (Fsp3) is 0.370. The maximum Gasteiger partial charge on any atom is 0.287 e. The van der Waals surface area contributed by atoms with Crippen molar-refractivity contribution in [3.05, 3.63) is 68.2 Å². The third-order valence-corrected chi connectivity index (χ3v) is 8.77. The second kappa shape index (κ2) is 11.0. The van der Waals surface area contributed by atoms with Crippen LogP contribution in [0.5, 0.6) is 11.5 Å². The summed E-state index contributed by atoms with van der Waals surface area (Å²) < 4.78 is 18.0. The second-order valence-electron chi connectivity index (χ2n) is 8.90. The molecule has 194 valence electrons. The van der Waals surface area contributed by atoms with Crippen LogP contribution < -0.4 is 20.3 Å². The van der Waals surface area contributed by atoms with Gasteiger partial charge in [0.1, 0.15) is 10.6 Å². The largest absolute Gasteiger partial charge is 0.493 e. The van der Waals surface area contributed by atoms with Gasteiger partial charge in [0.2, 0.25) is 0 Å². The Morgan fingerprint density at radius 2 is 1.97 bits per heavy atom. The molecule has 0 aliphatic heterocycles. The molecule has 1 aliphatic rings. The highest BCUT2D eigenvalue weighted by molar-refractivity contribution is 7.98. The van der Waals surface area contributed by atoms with Crippen LogP contribution in [-0.4, -0.2) is 36.2 Å². The van der Waals surface area contributed by atoms with Crippen molar-refractivity contribution in [2.45, 2.75) is 43.0 Å². The molecule has 1 amide bonds. The van der Waals surface area contributed by atoms with E-state index in [1.54, 1.807) is 49.3 Å². The van der Waals surface area contributed by atoms with Gasteiger partial charge in [0.25, 0.3) is 11.5 Å². The summed E-state index contributed by atoms with van der Waals surface area (Å²) in [5.74, 6) is 2.43. The Morgan fingerprint density at radius 1 is 1.16 bits per heavy atom. The summed E-state index contributed by atoms with van der Waals surface area (Å²) in [7, 11) is 4.96. The molecule has 37 heavy (non-hydrogen) atoms. The normalized spacial score (nSPS) is 12.9. The number of carbonyl (C=O) groups is 1. The molecule has 1 aliphatic carbocycles. The Kier molecular flexibility index (Phi) is 7.57. The molecule has 0 saturated carbocycles. The van der Waals surface area contributed by atoms with Gasteiger partial charge in [-0.1, -0.05) is 17.8 Å². The van der Waals surface area contributed by atoms with E-state index < -0.39 is 0 Å². The van der Waals surface area contributed by atoms with Crippen molar-refractivity contribution in [2.75, 3.05) is 20.8 Å². The molecule has 0 bridgehead atoms. The fourth-order valence-corrected chi connectivity index (χ4v) is 6.72. The number of thiophene rings is 1. The van der Waals surface area contributed by atoms with Crippen LogP contribution >= 0.6 is 23.1 Å². The highest BCUT2D eigenvalue weighted by Crippen LogP contribution is 2.35. The Morgan fingerprint density at radius 3 is 2.78 bits per heavy atom. The average Bonchev–Trinajstić information content (AvgIpc) is 3.54. The van der Waals surface area contributed by atoms with Crippen molar-refractivity contribution in [1.29, 1.82) is 0 Å². The lowest BCUT2D eigenvalue weighted by atomic mass is 9.97. The molecular weight excluding hydrogens is 510 g/mol. The van der Waals surface area contributed by atoms with Gasteiger partial charge in [0.05, 0.1) is 25.4 Å². The number of ether oxygens (including phenoxy) is 2. The number of aryl methyl sites for hydroxylation is 2. The summed E-state index contributed by atoms with van der Waals surface area (Å²) >= 11 is 3.08. The number of hydrogen-bond acceptors (Lipinski definition) is 8. The van der Waals surface area contributed by atoms with Crippen LogP contribution in [0, 0.1) is 0 Å². The Labute approximate surface area is 223 Å². The van der Waals surface area contributed by atoms with Gasteiger partial charge in [-0.05, 0) is 67.5 Å². The average molecular weight is 540 g/mol. The number of carbonyl (C=O) groups excluding carboxylic acids is 1. The molecule has 0 spiro atoms. The van der Waals surface area contributed by atoms with E-state index in [0.29, 0.717) is 41.1 Å². The summed E-state index contributed by atoms with van der Waals surface area (Å²) in [6.07, 6.45) is 4.94. The number of nitrogens with one attached hydrogen (secondary N) is 1. The van der Waals surface area contributed by atoms with E-state index in [1.807, 2.05) is 18.2 Å². The number of thioether (sulfide) groups is 1. The Balaban J connectivity index is 1.19. The van der Waals surface area contributed by atoms with Gasteiger partial charge in [-0.3, -0.25) is 14.2 Å². The fourth-order valence-electron chi connectivity index (χ4n) is 4.55. The predicted molar refractivity (Wildman–Crippen MR) is 145 cm³/mol. The number of methoxy groups -OCH3 is 2. The highest BCUT2D eigenvalue weighted by Gasteiger charge is 2.21. The van der Waals surface area contributed by atoms with Crippen molar-refractivity contribution < 1.29 is 18.7 Å². The Bertz CT molecular complexity index is 1500. The smallest absolute Gasteiger partial charge is 0.287 e. The summed E-state index contributed by atoms with van der Waals surface area (Å²) in [6, 6.07) is 9.15. The second-order valence-corrected chi connectivity index (χ2v) is 10.9. The molecule has 1 aromatic carbocycles. The van der Waals surface area contributed by atoms with Crippen LogP contribution in [0.15, 0.2) is 44.7 Å². The predicted octanol–water partition coefficient (Wildman–Crippen LogP) is 4.75. The minimum absolute atomic E-state index is 0.0147. The van der Waals surface area contributed by atoms with Crippen LogP contribution in [0.2, 0.25) is 0 Å².